The third kappa shape index (κ3) is 4.06. The summed E-state index contributed by atoms with van der Waals surface area (Å²) in [5, 5.41) is 0.424. The van der Waals surface area contributed by atoms with Crippen LogP contribution in [-0.2, 0) is 19.1 Å². The number of benzene rings is 1. The Hall–Kier alpha value is -3.20. The maximum Gasteiger partial charge on any atom is 0.410 e. The van der Waals surface area contributed by atoms with Gasteiger partial charge in [0.25, 0.3) is 11.8 Å². The second kappa shape index (κ2) is 7.91. The molecule has 0 aromatic heterocycles. The molecule has 1 fully saturated rings. The highest BCUT2D eigenvalue weighted by Gasteiger charge is 2.49. The summed E-state index contributed by atoms with van der Waals surface area (Å²) in [6.45, 7) is 8.93. The average molecular weight is 416 g/mol. The van der Waals surface area contributed by atoms with Crippen LogP contribution in [0.1, 0.15) is 47.9 Å². The Balaban J connectivity index is 1.79. The molecular formula is C21H24N2O7. The number of rotatable bonds is 4. The lowest BCUT2D eigenvalue weighted by Crippen LogP contribution is -2.59. The van der Waals surface area contributed by atoms with E-state index in [1.807, 2.05) is 0 Å². The SMILES string of the molecule is C=CCC1(C(=O)ON2C(=O)c3ccccc3C2=O)CN(C(=O)OC(C)(C)C)CCO1. The van der Waals surface area contributed by atoms with E-state index >= 15 is 0 Å². The molecule has 3 rings (SSSR count). The standard InChI is InChI=1S/C21H24N2O7/c1-5-10-21(13-22(11-12-28-21)19(27)29-20(2,3)4)18(26)30-23-16(24)14-8-6-7-9-15(14)17(23)25/h5-9H,1,10-13H2,2-4H3. The number of ether oxygens (including phenoxy) is 2. The molecule has 0 N–H and O–H groups in total. The van der Waals surface area contributed by atoms with Crippen molar-refractivity contribution < 1.29 is 33.5 Å². The summed E-state index contributed by atoms with van der Waals surface area (Å²) in [5.74, 6) is -2.44. The number of carbonyl (C=O) groups excluding carboxylic acids is 4. The highest BCUT2D eigenvalue weighted by molar-refractivity contribution is 6.21. The molecule has 2 aliphatic heterocycles. The Morgan fingerprint density at radius 1 is 1.20 bits per heavy atom. The van der Waals surface area contributed by atoms with Crippen molar-refractivity contribution in [1.82, 2.24) is 9.96 Å². The lowest BCUT2D eigenvalue weighted by molar-refractivity contribution is -0.204. The summed E-state index contributed by atoms with van der Waals surface area (Å²) in [7, 11) is 0. The van der Waals surface area contributed by atoms with E-state index in [1.165, 1.54) is 23.1 Å². The maximum absolute atomic E-state index is 13.0. The fourth-order valence-electron chi connectivity index (χ4n) is 3.25. The van der Waals surface area contributed by atoms with Gasteiger partial charge in [0.1, 0.15) is 5.60 Å². The van der Waals surface area contributed by atoms with Crippen molar-refractivity contribution in [2.45, 2.75) is 38.4 Å². The van der Waals surface area contributed by atoms with E-state index in [9.17, 15) is 19.2 Å². The van der Waals surface area contributed by atoms with Gasteiger partial charge in [-0.1, -0.05) is 23.3 Å². The minimum atomic E-state index is -1.62. The summed E-state index contributed by atoms with van der Waals surface area (Å²) >= 11 is 0. The van der Waals surface area contributed by atoms with Gasteiger partial charge in [0.15, 0.2) is 5.60 Å². The van der Waals surface area contributed by atoms with Crippen molar-refractivity contribution in [3.05, 3.63) is 48.0 Å². The first-order valence-electron chi connectivity index (χ1n) is 9.51. The molecule has 0 saturated carbocycles. The van der Waals surface area contributed by atoms with Crippen LogP contribution >= 0.6 is 0 Å². The monoisotopic (exact) mass is 416 g/mol. The van der Waals surface area contributed by atoms with Gasteiger partial charge in [-0.25, -0.2) is 9.59 Å². The molecule has 160 valence electrons. The summed E-state index contributed by atoms with van der Waals surface area (Å²) < 4.78 is 11.1. The normalized spacial score (nSPS) is 21.3. The van der Waals surface area contributed by atoms with E-state index in [-0.39, 0.29) is 37.2 Å². The summed E-state index contributed by atoms with van der Waals surface area (Å²) in [6.07, 6.45) is 0.851. The number of carbonyl (C=O) groups is 4. The molecule has 0 radical (unpaired) electrons. The number of hydrogen-bond acceptors (Lipinski definition) is 7. The fraction of sp³-hybridized carbons (Fsp3) is 0.429. The third-order valence-corrected chi connectivity index (χ3v) is 4.61. The average Bonchev–Trinajstić information content (AvgIpc) is 2.92. The highest BCUT2D eigenvalue weighted by Crippen LogP contribution is 2.29. The van der Waals surface area contributed by atoms with Crippen molar-refractivity contribution in [3.8, 4) is 0 Å². The summed E-state index contributed by atoms with van der Waals surface area (Å²) in [4.78, 5) is 57.0. The van der Waals surface area contributed by atoms with E-state index in [0.717, 1.165) is 0 Å². The number of amides is 3. The van der Waals surface area contributed by atoms with E-state index in [2.05, 4.69) is 6.58 Å². The Morgan fingerprint density at radius 2 is 1.80 bits per heavy atom. The van der Waals surface area contributed by atoms with E-state index in [0.29, 0.717) is 5.06 Å². The van der Waals surface area contributed by atoms with Gasteiger partial charge in [-0.05, 0) is 32.9 Å². The third-order valence-electron chi connectivity index (χ3n) is 4.61. The predicted molar refractivity (Wildman–Crippen MR) is 104 cm³/mol. The minimum Gasteiger partial charge on any atom is -0.444 e. The second-order valence-corrected chi connectivity index (χ2v) is 8.07. The zero-order valence-corrected chi connectivity index (χ0v) is 17.2. The number of nitrogens with zero attached hydrogens (tertiary/aromatic N) is 2. The van der Waals surface area contributed by atoms with Crippen LogP contribution in [0, 0.1) is 0 Å². The molecule has 3 amide bonds. The van der Waals surface area contributed by atoms with Crippen LogP contribution in [0.5, 0.6) is 0 Å². The molecule has 1 aromatic rings. The zero-order chi connectivity index (χ0) is 22.1. The Bertz CT molecular complexity index is 870. The van der Waals surface area contributed by atoms with Crippen LogP contribution in [0.15, 0.2) is 36.9 Å². The second-order valence-electron chi connectivity index (χ2n) is 8.07. The van der Waals surface area contributed by atoms with E-state index in [1.54, 1.807) is 32.9 Å². The quantitative estimate of drug-likeness (QED) is 0.548. The van der Waals surface area contributed by atoms with Crippen LogP contribution in [0.25, 0.3) is 0 Å². The molecule has 0 bridgehead atoms. The zero-order valence-electron chi connectivity index (χ0n) is 17.2. The number of morpholine rings is 1. The molecule has 1 aromatic carbocycles. The molecule has 2 aliphatic rings. The maximum atomic E-state index is 13.0. The van der Waals surface area contributed by atoms with Crippen molar-refractivity contribution in [2.24, 2.45) is 0 Å². The first-order chi connectivity index (χ1) is 14.1. The predicted octanol–water partition coefficient (Wildman–Crippen LogP) is 2.32. The fourth-order valence-corrected chi connectivity index (χ4v) is 3.25. The molecule has 1 atom stereocenters. The highest BCUT2D eigenvalue weighted by atomic mass is 16.7. The topological polar surface area (TPSA) is 102 Å². The molecule has 1 unspecified atom stereocenters. The summed E-state index contributed by atoms with van der Waals surface area (Å²) in [6, 6.07) is 6.17. The summed E-state index contributed by atoms with van der Waals surface area (Å²) in [5.41, 5.74) is -2.04. The van der Waals surface area contributed by atoms with Gasteiger partial charge in [0, 0.05) is 13.0 Å². The smallest absolute Gasteiger partial charge is 0.410 e. The molecule has 9 heteroatoms. The van der Waals surface area contributed by atoms with Gasteiger partial charge in [-0.15, -0.1) is 6.58 Å². The Kier molecular flexibility index (Phi) is 5.67. The van der Waals surface area contributed by atoms with E-state index < -0.39 is 35.1 Å². The van der Waals surface area contributed by atoms with Crippen LogP contribution in [0.3, 0.4) is 0 Å². The molecule has 1 saturated heterocycles. The van der Waals surface area contributed by atoms with E-state index in [4.69, 9.17) is 14.3 Å². The van der Waals surface area contributed by atoms with Gasteiger partial charge in [0.2, 0.25) is 0 Å². The minimum absolute atomic E-state index is 0.00823. The van der Waals surface area contributed by atoms with Crippen LogP contribution in [0.2, 0.25) is 0 Å². The first kappa shape index (κ1) is 21.5. The van der Waals surface area contributed by atoms with Crippen molar-refractivity contribution in [3.63, 3.8) is 0 Å². The largest absolute Gasteiger partial charge is 0.444 e. The van der Waals surface area contributed by atoms with Crippen molar-refractivity contribution in [1.29, 1.82) is 0 Å². The van der Waals surface area contributed by atoms with Gasteiger partial charge in [-0.2, -0.15) is 0 Å². The van der Waals surface area contributed by atoms with Crippen LogP contribution < -0.4 is 0 Å². The van der Waals surface area contributed by atoms with Crippen LogP contribution in [0.4, 0.5) is 4.79 Å². The number of hydroxylamine groups is 2. The van der Waals surface area contributed by atoms with Gasteiger partial charge in [0.05, 0.1) is 24.3 Å². The van der Waals surface area contributed by atoms with Gasteiger partial charge < -0.3 is 19.2 Å². The first-order valence-corrected chi connectivity index (χ1v) is 9.51. The number of hydrogen-bond donors (Lipinski definition) is 0. The van der Waals surface area contributed by atoms with Gasteiger partial charge in [-0.3, -0.25) is 9.59 Å². The lowest BCUT2D eigenvalue weighted by Gasteiger charge is -2.40. The van der Waals surface area contributed by atoms with Crippen molar-refractivity contribution >= 4 is 23.9 Å². The van der Waals surface area contributed by atoms with Gasteiger partial charge >= 0.3 is 12.1 Å². The Morgan fingerprint density at radius 3 is 2.33 bits per heavy atom. The molecule has 30 heavy (non-hydrogen) atoms. The van der Waals surface area contributed by atoms with Crippen molar-refractivity contribution in [2.75, 3.05) is 19.7 Å². The molecule has 0 spiro atoms. The molecular weight excluding hydrogens is 392 g/mol. The lowest BCUT2D eigenvalue weighted by atomic mass is 9.97. The molecule has 2 heterocycles. The molecule has 9 nitrogen and oxygen atoms in total. The Labute approximate surface area is 174 Å². The number of imide groups is 1. The van der Waals surface area contributed by atoms with Crippen LogP contribution in [-0.4, -0.2) is 64.7 Å². The number of fused-ring (bicyclic) bond motifs is 1. The molecule has 0 aliphatic carbocycles.